The summed E-state index contributed by atoms with van der Waals surface area (Å²) in [4.78, 5) is 43.6. The van der Waals surface area contributed by atoms with Gasteiger partial charge in [0.05, 0.1) is 16.8 Å². The highest BCUT2D eigenvalue weighted by atomic mass is 32.1. The molecule has 1 atom stereocenters. The standard InChI is InChI=1S/C24H21N3O3S/c1-14(27-22(29)18-8-4-5-9-19(18)23(27)30)21(28)26-24-25-20(13-31-24)17-11-10-15-6-2-3-7-16(15)12-17/h4-5,8-14H,2-3,6-7H2,1H3,(H,25,26,28). The number of carbonyl (C=O) groups is 3. The van der Waals surface area contributed by atoms with Crippen LogP contribution in [0.15, 0.2) is 47.8 Å². The Balaban J connectivity index is 1.31. The molecule has 1 unspecified atom stereocenters. The molecule has 2 aliphatic rings. The minimum Gasteiger partial charge on any atom is -0.300 e. The monoisotopic (exact) mass is 431 g/mol. The second-order valence-corrected chi connectivity index (χ2v) is 8.78. The number of imide groups is 1. The fraction of sp³-hybridized carbons (Fsp3) is 0.250. The van der Waals surface area contributed by atoms with Crippen molar-refractivity contribution in [3.63, 3.8) is 0 Å². The predicted octanol–water partition coefficient (Wildman–Crippen LogP) is 4.31. The van der Waals surface area contributed by atoms with Crippen molar-refractivity contribution >= 4 is 34.2 Å². The number of aryl methyl sites for hydroxylation is 2. The topological polar surface area (TPSA) is 79.4 Å². The number of carbonyl (C=O) groups excluding carboxylic acids is 3. The van der Waals surface area contributed by atoms with Crippen molar-refractivity contribution in [3.8, 4) is 11.3 Å². The molecule has 1 aromatic heterocycles. The smallest absolute Gasteiger partial charge is 0.262 e. The summed E-state index contributed by atoms with van der Waals surface area (Å²) in [5.41, 5.74) is 5.29. The summed E-state index contributed by atoms with van der Waals surface area (Å²) in [7, 11) is 0. The van der Waals surface area contributed by atoms with Gasteiger partial charge in [-0.05, 0) is 61.9 Å². The van der Waals surface area contributed by atoms with Gasteiger partial charge in [0.1, 0.15) is 6.04 Å². The van der Waals surface area contributed by atoms with Crippen LogP contribution in [0.5, 0.6) is 0 Å². The number of rotatable bonds is 4. The molecule has 1 N–H and O–H groups in total. The van der Waals surface area contributed by atoms with E-state index in [0.29, 0.717) is 16.3 Å². The lowest BCUT2D eigenvalue weighted by Gasteiger charge is -2.21. The van der Waals surface area contributed by atoms with Gasteiger partial charge in [-0.2, -0.15) is 0 Å². The van der Waals surface area contributed by atoms with E-state index in [1.165, 1.54) is 35.3 Å². The van der Waals surface area contributed by atoms with Gasteiger partial charge in [0, 0.05) is 10.9 Å². The van der Waals surface area contributed by atoms with E-state index < -0.39 is 23.8 Å². The molecular weight excluding hydrogens is 410 g/mol. The van der Waals surface area contributed by atoms with Crippen LogP contribution in [0.3, 0.4) is 0 Å². The number of benzene rings is 2. The fourth-order valence-corrected chi connectivity index (χ4v) is 4.97. The normalized spacial score (nSPS) is 16.1. The first-order valence-electron chi connectivity index (χ1n) is 10.4. The van der Waals surface area contributed by atoms with E-state index in [-0.39, 0.29) is 0 Å². The van der Waals surface area contributed by atoms with E-state index in [0.717, 1.165) is 29.0 Å². The fourth-order valence-electron chi connectivity index (χ4n) is 4.24. The lowest BCUT2D eigenvalue weighted by molar-refractivity contribution is -0.119. The van der Waals surface area contributed by atoms with Crippen LogP contribution in [0.2, 0.25) is 0 Å². The summed E-state index contributed by atoms with van der Waals surface area (Å²) in [5, 5.41) is 5.12. The van der Waals surface area contributed by atoms with Gasteiger partial charge in [0.2, 0.25) is 5.91 Å². The van der Waals surface area contributed by atoms with Crippen LogP contribution in [-0.2, 0) is 17.6 Å². The molecular formula is C24H21N3O3S. The average Bonchev–Trinajstić information content (AvgIpc) is 3.36. The van der Waals surface area contributed by atoms with Crippen molar-refractivity contribution in [2.45, 2.75) is 38.6 Å². The quantitative estimate of drug-likeness (QED) is 0.624. The molecule has 0 spiro atoms. The van der Waals surface area contributed by atoms with Crippen LogP contribution >= 0.6 is 11.3 Å². The highest BCUT2D eigenvalue weighted by molar-refractivity contribution is 7.14. The van der Waals surface area contributed by atoms with E-state index in [4.69, 9.17) is 0 Å². The van der Waals surface area contributed by atoms with Gasteiger partial charge in [-0.25, -0.2) is 4.98 Å². The number of thiazole rings is 1. The number of hydrogen-bond acceptors (Lipinski definition) is 5. The molecule has 3 amide bonds. The third-order valence-electron chi connectivity index (χ3n) is 5.97. The van der Waals surface area contributed by atoms with Crippen molar-refractivity contribution in [1.29, 1.82) is 0 Å². The zero-order valence-corrected chi connectivity index (χ0v) is 17.9. The summed E-state index contributed by atoms with van der Waals surface area (Å²) in [6.45, 7) is 1.55. The summed E-state index contributed by atoms with van der Waals surface area (Å²) < 4.78 is 0. The van der Waals surface area contributed by atoms with E-state index in [2.05, 4.69) is 28.5 Å². The Hall–Kier alpha value is -3.32. The Labute approximate surface area is 183 Å². The molecule has 7 heteroatoms. The third-order valence-corrected chi connectivity index (χ3v) is 6.73. The van der Waals surface area contributed by atoms with Crippen molar-refractivity contribution in [2.24, 2.45) is 0 Å². The number of hydrogen-bond donors (Lipinski definition) is 1. The molecule has 2 heterocycles. The minimum atomic E-state index is -0.941. The first-order chi connectivity index (χ1) is 15.0. The average molecular weight is 432 g/mol. The minimum absolute atomic E-state index is 0.330. The van der Waals surface area contributed by atoms with Crippen LogP contribution in [0.4, 0.5) is 5.13 Å². The first-order valence-corrected chi connectivity index (χ1v) is 11.3. The molecule has 5 rings (SSSR count). The van der Waals surface area contributed by atoms with E-state index in [9.17, 15) is 14.4 Å². The lowest BCUT2D eigenvalue weighted by atomic mass is 9.90. The summed E-state index contributed by atoms with van der Waals surface area (Å²) in [6.07, 6.45) is 4.67. The number of nitrogens with zero attached hydrogens (tertiary/aromatic N) is 2. The van der Waals surface area contributed by atoms with Crippen molar-refractivity contribution < 1.29 is 14.4 Å². The van der Waals surface area contributed by atoms with Gasteiger partial charge in [-0.3, -0.25) is 19.3 Å². The Kier molecular flexibility index (Phi) is 4.90. The molecule has 31 heavy (non-hydrogen) atoms. The van der Waals surface area contributed by atoms with E-state index in [1.807, 2.05) is 5.38 Å². The molecule has 156 valence electrons. The molecule has 1 aliphatic heterocycles. The summed E-state index contributed by atoms with van der Waals surface area (Å²) >= 11 is 1.33. The highest BCUT2D eigenvalue weighted by Gasteiger charge is 2.40. The largest absolute Gasteiger partial charge is 0.300 e. The summed E-state index contributed by atoms with van der Waals surface area (Å²) in [6, 6.07) is 12.1. The van der Waals surface area contributed by atoms with Crippen LogP contribution < -0.4 is 5.32 Å². The third kappa shape index (κ3) is 3.45. The SMILES string of the molecule is CC(C(=O)Nc1nc(-c2ccc3c(c2)CCCC3)cs1)N1C(=O)c2ccccc2C1=O. The second-order valence-electron chi connectivity index (χ2n) is 7.92. The Morgan fingerprint density at radius 2 is 1.71 bits per heavy atom. The zero-order valence-electron chi connectivity index (χ0n) is 17.1. The lowest BCUT2D eigenvalue weighted by Crippen LogP contribution is -2.45. The van der Waals surface area contributed by atoms with Crippen LogP contribution in [0.25, 0.3) is 11.3 Å². The van der Waals surface area contributed by atoms with Gasteiger partial charge < -0.3 is 5.32 Å². The Morgan fingerprint density at radius 1 is 1.03 bits per heavy atom. The van der Waals surface area contributed by atoms with Crippen LogP contribution in [0, 0.1) is 0 Å². The number of amides is 3. The van der Waals surface area contributed by atoms with Gasteiger partial charge in [-0.15, -0.1) is 11.3 Å². The molecule has 0 saturated carbocycles. The predicted molar refractivity (Wildman–Crippen MR) is 119 cm³/mol. The molecule has 3 aromatic rings. The number of nitrogens with one attached hydrogen (secondary N) is 1. The molecule has 2 aromatic carbocycles. The Morgan fingerprint density at radius 3 is 2.42 bits per heavy atom. The van der Waals surface area contributed by atoms with Gasteiger partial charge >= 0.3 is 0 Å². The molecule has 6 nitrogen and oxygen atoms in total. The number of anilines is 1. The van der Waals surface area contributed by atoms with Gasteiger partial charge in [-0.1, -0.05) is 24.3 Å². The van der Waals surface area contributed by atoms with Crippen molar-refractivity contribution in [2.75, 3.05) is 5.32 Å². The molecule has 0 radical (unpaired) electrons. The van der Waals surface area contributed by atoms with Crippen molar-refractivity contribution in [1.82, 2.24) is 9.88 Å². The molecule has 0 saturated heterocycles. The van der Waals surface area contributed by atoms with Gasteiger partial charge in [0.15, 0.2) is 5.13 Å². The Bertz CT molecular complexity index is 1180. The second kappa shape index (κ2) is 7.74. The maximum atomic E-state index is 12.8. The molecule has 0 fully saturated rings. The molecule has 1 aliphatic carbocycles. The van der Waals surface area contributed by atoms with Crippen molar-refractivity contribution in [3.05, 3.63) is 70.1 Å². The van der Waals surface area contributed by atoms with Crippen LogP contribution in [-0.4, -0.2) is 33.6 Å². The number of fused-ring (bicyclic) bond motifs is 2. The maximum Gasteiger partial charge on any atom is 0.262 e. The van der Waals surface area contributed by atoms with E-state index in [1.54, 1.807) is 31.2 Å². The number of aromatic nitrogens is 1. The zero-order chi connectivity index (χ0) is 21.5. The van der Waals surface area contributed by atoms with Gasteiger partial charge in [0.25, 0.3) is 11.8 Å². The first kappa shape index (κ1) is 19.6. The van der Waals surface area contributed by atoms with E-state index >= 15 is 0 Å². The van der Waals surface area contributed by atoms with Crippen LogP contribution in [0.1, 0.15) is 51.6 Å². The maximum absolute atomic E-state index is 12.8. The highest BCUT2D eigenvalue weighted by Crippen LogP contribution is 2.30. The summed E-state index contributed by atoms with van der Waals surface area (Å²) in [5.74, 6) is -1.34. The molecule has 0 bridgehead atoms.